The van der Waals surface area contributed by atoms with Crippen molar-refractivity contribution in [3.8, 4) is 0 Å². The second-order valence-electron chi connectivity index (χ2n) is 5.33. The summed E-state index contributed by atoms with van der Waals surface area (Å²) in [6, 6.07) is 3.38. The Morgan fingerprint density at radius 3 is 2.77 bits per heavy atom. The van der Waals surface area contributed by atoms with E-state index in [0.717, 1.165) is 5.69 Å². The Labute approximate surface area is 128 Å². The highest BCUT2D eigenvalue weighted by Gasteiger charge is 2.19. The average molecular weight is 304 g/mol. The second kappa shape index (κ2) is 6.55. The van der Waals surface area contributed by atoms with Crippen molar-refractivity contribution in [3.63, 3.8) is 0 Å². The first-order chi connectivity index (χ1) is 10.4. The number of aryl methyl sites for hydroxylation is 2. The number of aromatic nitrogens is 3. The van der Waals surface area contributed by atoms with Crippen LogP contribution in [0.4, 0.5) is 0 Å². The maximum absolute atomic E-state index is 12.3. The normalized spacial score (nSPS) is 12.2. The molecule has 0 fully saturated rings. The summed E-state index contributed by atoms with van der Waals surface area (Å²) in [5.41, 5.74) is 1.86. The molecule has 0 spiro atoms. The van der Waals surface area contributed by atoms with Crippen molar-refractivity contribution >= 4 is 5.91 Å². The van der Waals surface area contributed by atoms with Gasteiger partial charge in [-0.1, -0.05) is 5.16 Å². The van der Waals surface area contributed by atoms with Gasteiger partial charge in [-0.2, -0.15) is 4.98 Å². The lowest BCUT2D eigenvalue weighted by Crippen LogP contribution is -2.32. The molecule has 7 nitrogen and oxygen atoms in total. The van der Waals surface area contributed by atoms with Gasteiger partial charge >= 0.3 is 5.69 Å². The van der Waals surface area contributed by atoms with Crippen molar-refractivity contribution < 1.29 is 9.32 Å². The molecule has 22 heavy (non-hydrogen) atoms. The summed E-state index contributed by atoms with van der Waals surface area (Å²) < 4.78 is 6.31. The molecular formula is C15H20N4O3. The molecule has 0 saturated heterocycles. The summed E-state index contributed by atoms with van der Waals surface area (Å²) in [5.74, 6) is -0.0672. The van der Waals surface area contributed by atoms with Gasteiger partial charge in [-0.15, -0.1) is 0 Å². The van der Waals surface area contributed by atoms with Crippen molar-refractivity contribution in [2.24, 2.45) is 0 Å². The van der Waals surface area contributed by atoms with Crippen LogP contribution in [0.3, 0.4) is 0 Å². The monoisotopic (exact) mass is 304 g/mol. The maximum atomic E-state index is 12.3. The van der Waals surface area contributed by atoms with Gasteiger partial charge in [0.2, 0.25) is 5.91 Å². The van der Waals surface area contributed by atoms with E-state index < -0.39 is 0 Å². The maximum Gasteiger partial charge on any atom is 0.347 e. The van der Waals surface area contributed by atoms with E-state index in [2.05, 4.69) is 10.1 Å². The van der Waals surface area contributed by atoms with E-state index >= 15 is 0 Å². The van der Waals surface area contributed by atoms with E-state index in [4.69, 9.17) is 4.52 Å². The van der Waals surface area contributed by atoms with Crippen LogP contribution in [0.25, 0.3) is 0 Å². The molecule has 0 aliphatic carbocycles. The zero-order chi connectivity index (χ0) is 16.3. The molecule has 0 bridgehead atoms. The molecule has 0 aliphatic heterocycles. The fourth-order valence-electron chi connectivity index (χ4n) is 2.28. The van der Waals surface area contributed by atoms with E-state index in [-0.39, 0.29) is 24.1 Å². The predicted octanol–water partition coefficient (Wildman–Crippen LogP) is 1.46. The lowest BCUT2D eigenvalue weighted by molar-refractivity contribution is -0.132. The van der Waals surface area contributed by atoms with Crippen LogP contribution in [0.15, 0.2) is 27.7 Å². The van der Waals surface area contributed by atoms with E-state index in [9.17, 15) is 9.59 Å². The van der Waals surface area contributed by atoms with Gasteiger partial charge in [0.05, 0.1) is 6.04 Å². The Bertz CT molecular complexity index is 706. The topological polar surface area (TPSA) is 81.2 Å². The smallest absolute Gasteiger partial charge is 0.347 e. The average Bonchev–Trinajstić information content (AvgIpc) is 2.98. The summed E-state index contributed by atoms with van der Waals surface area (Å²) in [7, 11) is 1.71. The molecule has 0 unspecified atom stereocenters. The molecule has 0 aliphatic rings. The van der Waals surface area contributed by atoms with E-state index in [1.807, 2.05) is 19.9 Å². The Hall–Kier alpha value is -2.44. The van der Waals surface area contributed by atoms with Gasteiger partial charge in [0.1, 0.15) is 12.0 Å². The molecule has 1 atom stereocenters. The highest BCUT2D eigenvalue weighted by Crippen LogP contribution is 2.17. The summed E-state index contributed by atoms with van der Waals surface area (Å²) in [6.07, 6.45) is 1.70. The number of hydrogen-bond donors (Lipinski definition) is 0. The van der Waals surface area contributed by atoms with Crippen LogP contribution in [0, 0.1) is 13.8 Å². The molecule has 0 radical (unpaired) electrons. The largest absolute Gasteiger partial charge is 0.364 e. The molecule has 2 rings (SSSR count). The van der Waals surface area contributed by atoms with E-state index in [1.54, 1.807) is 24.9 Å². The number of rotatable bonds is 5. The second-order valence-corrected chi connectivity index (χ2v) is 5.33. The Morgan fingerprint density at radius 2 is 2.18 bits per heavy atom. The third-order valence-electron chi connectivity index (χ3n) is 3.76. The molecule has 0 N–H and O–H groups in total. The summed E-state index contributed by atoms with van der Waals surface area (Å²) >= 11 is 0. The van der Waals surface area contributed by atoms with Crippen LogP contribution in [-0.2, 0) is 11.3 Å². The van der Waals surface area contributed by atoms with Gasteiger partial charge in [0.25, 0.3) is 0 Å². The highest BCUT2D eigenvalue weighted by molar-refractivity contribution is 5.76. The van der Waals surface area contributed by atoms with E-state index in [0.29, 0.717) is 17.9 Å². The van der Waals surface area contributed by atoms with Crippen LogP contribution in [0.5, 0.6) is 0 Å². The minimum absolute atomic E-state index is 0.0672. The number of amides is 1. The lowest BCUT2D eigenvalue weighted by atomic mass is 10.2. The first-order valence-corrected chi connectivity index (χ1v) is 7.11. The van der Waals surface area contributed by atoms with Crippen molar-refractivity contribution in [1.82, 2.24) is 19.6 Å². The zero-order valence-electron chi connectivity index (χ0n) is 13.2. The predicted molar refractivity (Wildman–Crippen MR) is 80.3 cm³/mol. The van der Waals surface area contributed by atoms with Crippen molar-refractivity contribution in [3.05, 3.63) is 46.0 Å². The first kappa shape index (κ1) is 15.9. The first-order valence-electron chi connectivity index (χ1n) is 7.11. The van der Waals surface area contributed by atoms with Gasteiger partial charge in [-0.05, 0) is 26.8 Å². The number of carbonyl (C=O) groups is 1. The van der Waals surface area contributed by atoms with Crippen LogP contribution in [-0.4, -0.2) is 32.6 Å². The van der Waals surface area contributed by atoms with Gasteiger partial charge < -0.3 is 9.42 Å². The minimum Gasteiger partial charge on any atom is -0.364 e. The van der Waals surface area contributed by atoms with Gasteiger partial charge in [0.15, 0.2) is 0 Å². The summed E-state index contributed by atoms with van der Waals surface area (Å²) in [4.78, 5) is 29.6. The number of nitrogens with zero attached hydrogens (tertiary/aromatic N) is 4. The fourth-order valence-corrected chi connectivity index (χ4v) is 2.28. The molecule has 2 heterocycles. The number of hydrogen-bond acceptors (Lipinski definition) is 5. The summed E-state index contributed by atoms with van der Waals surface area (Å²) in [5, 5.41) is 3.84. The Kier molecular flexibility index (Phi) is 4.75. The quantitative estimate of drug-likeness (QED) is 0.835. The standard InChI is InChI=1S/C15H20N4O3/c1-10-9-11(2)19(15(21)16-10)7-5-14(20)18(4)12(3)13-6-8-22-17-13/h6,8-9,12H,5,7H2,1-4H3/t12-/m0/s1. The van der Waals surface area contributed by atoms with Crippen LogP contribution in [0.2, 0.25) is 0 Å². The minimum atomic E-state index is -0.322. The van der Waals surface area contributed by atoms with Crippen molar-refractivity contribution in [1.29, 1.82) is 0 Å². The molecule has 0 aromatic carbocycles. The molecule has 0 saturated carbocycles. The molecule has 2 aromatic heterocycles. The van der Waals surface area contributed by atoms with E-state index in [1.165, 1.54) is 10.8 Å². The highest BCUT2D eigenvalue weighted by atomic mass is 16.5. The van der Waals surface area contributed by atoms with Gasteiger partial charge in [0, 0.05) is 37.5 Å². The molecular weight excluding hydrogens is 284 g/mol. The summed E-state index contributed by atoms with van der Waals surface area (Å²) in [6.45, 7) is 5.80. The molecule has 118 valence electrons. The van der Waals surface area contributed by atoms with Crippen molar-refractivity contribution in [2.45, 2.75) is 39.8 Å². The Balaban J connectivity index is 2.03. The van der Waals surface area contributed by atoms with Gasteiger partial charge in [-0.3, -0.25) is 9.36 Å². The molecule has 7 heteroatoms. The van der Waals surface area contributed by atoms with Gasteiger partial charge in [-0.25, -0.2) is 4.79 Å². The lowest BCUT2D eigenvalue weighted by Gasteiger charge is -2.23. The zero-order valence-corrected chi connectivity index (χ0v) is 13.2. The molecule has 2 aromatic rings. The van der Waals surface area contributed by atoms with Crippen LogP contribution in [0.1, 0.15) is 36.5 Å². The SMILES string of the molecule is Cc1cc(C)n(CCC(=O)N(C)[C@@H](C)c2ccon2)c(=O)n1. The van der Waals surface area contributed by atoms with Crippen LogP contribution < -0.4 is 5.69 Å². The number of carbonyl (C=O) groups excluding carboxylic acids is 1. The third kappa shape index (κ3) is 3.41. The Morgan fingerprint density at radius 1 is 1.45 bits per heavy atom. The van der Waals surface area contributed by atoms with Crippen molar-refractivity contribution in [2.75, 3.05) is 7.05 Å². The third-order valence-corrected chi connectivity index (χ3v) is 3.76. The molecule has 1 amide bonds. The van der Waals surface area contributed by atoms with Crippen LogP contribution >= 0.6 is 0 Å². The fraction of sp³-hybridized carbons (Fsp3) is 0.467.